The predicted octanol–water partition coefficient (Wildman–Crippen LogP) is 4.21. The third-order valence-electron chi connectivity index (χ3n) is 2.52. The topological polar surface area (TPSA) is 54.4 Å². The Morgan fingerprint density at radius 2 is 1.72 bits per heavy atom. The van der Waals surface area contributed by atoms with Crippen LogP contribution in [-0.4, -0.2) is 16.9 Å². The predicted molar refractivity (Wildman–Crippen MR) is 71.5 cm³/mol. The molecule has 0 saturated carbocycles. The van der Waals surface area contributed by atoms with Crippen molar-refractivity contribution in [2.45, 2.75) is 32.1 Å². The molecular weight excluding hydrogens is 275 g/mol. The molecule has 0 amide bonds. The second kappa shape index (κ2) is 7.39. The zero-order valence-corrected chi connectivity index (χ0v) is 11.3. The van der Waals surface area contributed by atoms with Crippen molar-refractivity contribution in [3.63, 3.8) is 0 Å². The molecule has 0 spiro atoms. The van der Waals surface area contributed by atoms with Gasteiger partial charge in [-0.2, -0.15) is 0 Å². The van der Waals surface area contributed by atoms with E-state index >= 15 is 0 Å². The van der Waals surface area contributed by atoms with Crippen molar-refractivity contribution in [1.82, 2.24) is 0 Å². The van der Waals surface area contributed by atoms with Gasteiger partial charge in [0.05, 0.1) is 5.02 Å². The summed E-state index contributed by atoms with van der Waals surface area (Å²) in [4.78, 5) is 22.2. The molecule has 0 aliphatic heterocycles. The molecule has 1 N–H and O–H groups in total. The highest BCUT2D eigenvalue weighted by molar-refractivity contribution is 6.35. The number of benzene rings is 1. The van der Waals surface area contributed by atoms with Crippen molar-refractivity contribution in [2.75, 3.05) is 0 Å². The SMILES string of the molecule is O=C(O)CCCCCC(=O)c1cc(Cl)ccc1Cl. The number of Topliss-reactive ketones (excluding diaryl/α,β-unsaturated/α-hetero) is 1. The van der Waals surface area contributed by atoms with Crippen molar-refractivity contribution >= 4 is 35.0 Å². The Balaban J connectivity index is 2.41. The van der Waals surface area contributed by atoms with E-state index in [9.17, 15) is 9.59 Å². The zero-order valence-electron chi connectivity index (χ0n) is 9.79. The molecule has 1 rings (SSSR count). The molecule has 0 bridgehead atoms. The molecule has 0 radical (unpaired) electrons. The van der Waals surface area contributed by atoms with Gasteiger partial charge in [0.1, 0.15) is 0 Å². The molecule has 0 aliphatic rings. The summed E-state index contributed by atoms with van der Waals surface area (Å²) in [5, 5.41) is 9.35. The van der Waals surface area contributed by atoms with Gasteiger partial charge in [-0.15, -0.1) is 0 Å². The second-order valence-corrected chi connectivity index (χ2v) is 4.85. The van der Waals surface area contributed by atoms with E-state index in [1.807, 2.05) is 0 Å². The van der Waals surface area contributed by atoms with Crippen LogP contribution in [0.25, 0.3) is 0 Å². The van der Waals surface area contributed by atoms with E-state index in [2.05, 4.69) is 0 Å². The average molecular weight is 289 g/mol. The number of unbranched alkanes of at least 4 members (excludes halogenated alkanes) is 2. The maximum Gasteiger partial charge on any atom is 0.303 e. The van der Waals surface area contributed by atoms with Gasteiger partial charge in [0, 0.05) is 23.4 Å². The van der Waals surface area contributed by atoms with Gasteiger partial charge in [-0.05, 0) is 31.0 Å². The molecule has 0 heterocycles. The molecule has 98 valence electrons. The van der Waals surface area contributed by atoms with Gasteiger partial charge in [0.15, 0.2) is 5.78 Å². The smallest absolute Gasteiger partial charge is 0.303 e. The van der Waals surface area contributed by atoms with Crippen molar-refractivity contribution in [3.05, 3.63) is 33.8 Å². The molecule has 0 atom stereocenters. The molecule has 0 unspecified atom stereocenters. The Hall–Kier alpha value is -1.06. The van der Waals surface area contributed by atoms with E-state index in [0.717, 1.165) is 6.42 Å². The van der Waals surface area contributed by atoms with Crippen LogP contribution in [-0.2, 0) is 4.79 Å². The maximum absolute atomic E-state index is 11.9. The van der Waals surface area contributed by atoms with E-state index < -0.39 is 5.97 Å². The van der Waals surface area contributed by atoms with E-state index in [4.69, 9.17) is 28.3 Å². The van der Waals surface area contributed by atoms with Gasteiger partial charge in [-0.1, -0.05) is 29.6 Å². The van der Waals surface area contributed by atoms with Crippen LogP contribution in [0.15, 0.2) is 18.2 Å². The van der Waals surface area contributed by atoms with Crippen LogP contribution in [0.2, 0.25) is 10.0 Å². The molecular formula is C13H14Cl2O3. The van der Waals surface area contributed by atoms with Crippen LogP contribution in [0.5, 0.6) is 0 Å². The lowest BCUT2D eigenvalue weighted by Crippen LogP contribution is -2.00. The van der Waals surface area contributed by atoms with Gasteiger partial charge in [-0.3, -0.25) is 9.59 Å². The monoisotopic (exact) mass is 288 g/mol. The minimum atomic E-state index is -0.806. The van der Waals surface area contributed by atoms with E-state index in [0.29, 0.717) is 34.9 Å². The third-order valence-corrected chi connectivity index (χ3v) is 3.09. The highest BCUT2D eigenvalue weighted by Gasteiger charge is 2.10. The number of carboxylic acids is 1. The number of carboxylic acid groups (broad SMARTS) is 1. The Kier molecular flexibility index (Phi) is 6.16. The Morgan fingerprint density at radius 3 is 2.39 bits per heavy atom. The Morgan fingerprint density at radius 1 is 1.06 bits per heavy atom. The number of carbonyl (C=O) groups is 2. The van der Waals surface area contributed by atoms with Gasteiger partial charge in [0.2, 0.25) is 0 Å². The van der Waals surface area contributed by atoms with Crippen LogP contribution < -0.4 is 0 Å². The van der Waals surface area contributed by atoms with Crippen molar-refractivity contribution < 1.29 is 14.7 Å². The second-order valence-electron chi connectivity index (χ2n) is 4.00. The number of carbonyl (C=O) groups excluding carboxylic acids is 1. The third kappa shape index (κ3) is 5.07. The molecule has 3 nitrogen and oxygen atoms in total. The summed E-state index contributed by atoms with van der Waals surface area (Å²) < 4.78 is 0. The van der Waals surface area contributed by atoms with Crippen molar-refractivity contribution in [3.8, 4) is 0 Å². The summed E-state index contributed by atoms with van der Waals surface area (Å²) in [5.41, 5.74) is 0.433. The van der Waals surface area contributed by atoms with Crippen LogP contribution in [0.3, 0.4) is 0 Å². The quantitative estimate of drug-likeness (QED) is 0.604. The number of aliphatic carboxylic acids is 1. The summed E-state index contributed by atoms with van der Waals surface area (Å²) >= 11 is 11.7. The minimum absolute atomic E-state index is 0.0576. The van der Waals surface area contributed by atoms with E-state index in [-0.39, 0.29) is 12.2 Å². The fourth-order valence-electron chi connectivity index (χ4n) is 1.58. The summed E-state index contributed by atoms with van der Waals surface area (Å²) in [5.74, 6) is -0.864. The lowest BCUT2D eigenvalue weighted by molar-refractivity contribution is -0.137. The van der Waals surface area contributed by atoms with Crippen LogP contribution in [0.4, 0.5) is 0 Å². The van der Waals surface area contributed by atoms with Crippen molar-refractivity contribution in [2.24, 2.45) is 0 Å². The normalized spacial score (nSPS) is 10.3. The molecule has 5 heteroatoms. The first-order chi connectivity index (χ1) is 8.50. The highest BCUT2D eigenvalue weighted by Crippen LogP contribution is 2.22. The van der Waals surface area contributed by atoms with Gasteiger partial charge in [0.25, 0.3) is 0 Å². The molecule has 0 saturated heterocycles. The summed E-state index contributed by atoms with van der Waals surface area (Å²) in [7, 11) is 0. The molecule has 0 aliphatic carbocycles. The fraction of sp³-hybridized carbons (Fsp3) is 0.385. The summed E-state index contributed by atoms with van der Waals surface area (Å²) in [6.45, 7) is 0. The number of rotatable bonds is 7. The van der Waals surface area contributed by atoms with E-state index in [1.165, 1.54) is 0 Å². The molecule has 1 aromatic rings. The number of hydrogen-bond donors (Lipinski definition) is 1. The standard InChI is InChI=1S/C13H14Cl2O3/c14-9-6-7-11(15)10(8-9)12(16)4-2-1-3-5-13(17)18/h6-8H,1-5H2,(H,17,18). The number of ketones is 1. The maximum atomic E-state index is 11.9. The highest BCUT2D eigenvalue weighted by atomic mass is 35.5. The Bertz CT molecular complexity index is 444. The van der Waals surface area contributed by atoms with Gasteiger partial charge < -0.3 is 5.11 Å². The van der Waals surface area contributed by atoms with Gasteiger partial charge in [-0.25, -0.2) is 0 Å². The number of halogens is 2. The van der Waals surface area contributed by atoms with E-state index in [1.54, 1.807) is 18.2 Å². The van der Waals surface area contributed by atoms with Crippen LogP contribution in [0.1, 0.15) is 42.5 Å². The summed E-state index contributed by atoms with van der Waals surface area (Å²) in [6, 6.07) is 4.79. The molecule has 0 fully saturated rings. The Labute approximate surface area is 116 Å². The molecule has 0 aromatic heterocycles. The van der Waals surface area contributed by atoms with Crippen LogP contribution in [0, 0.1) is 0 Å². The molecule has 18 heavy (non-hydrogen) atoms. The zero-order chi connectivity index (χ0) is 13.5. The lowest BCUT2D eigenvalue weighted by atomic mass is 10.0. The average Bonchev–Trinajstić information content (AvgIpc) is 2.31. The van der Waals surface area contributed by atoms with Crippen LogP contribution >= 0.6 is 23.2 Å². The first-order valence-corrected chi connectivity index (χ1v) is 6.46. The van der Waals surface area contributed by atoms with Crippen molar-refractivity contribution in [1.29, 1.82) is 0 Å². The number of hydrogen-bond acceptors (Lipinski definition) is 2. The minimum Gasteiger partial charge on any atom is -0.481 e. The fourth-order valence-corrected chi connectivity index (χ4v) is 1.98. The first-order valence-electron chi connectivity index (χ1n) is 5.70. The lowest BCUT2D eigenvalue weighted by Gasteiger charge is -2.04. The van der Waals surface area contributed by atoms with Gasteiger partial charge >= 0.3 is 5.97 Å². The largest absolute Gasteiger partial charge is 0.481 e. The first kappa shape index (κ1) is 15.0. The molecule has 1 aromatic carbocycles. The summed E-state index contributed by atoms with van der Waals surface area (Å²) in [6.07, 6.45) is 2.48.